The highest BCUT2D eigenvalue weighted by atomic mass is 32.2. The third kappa shape index (κ3) is 32.5. The standard InChI is InChI=1S/C60H88N14O20S.C4F6O2/c1-40-30-43(31-41(2)55(40)95(89,90)69-46(59(87)88)34-66-56(84)45-35-70(4)47-32-42(9-10-44(47)54(45)83)33-67-60-64-13-14-65-60)94-25-5-8-48(75)62-11-6-23-91-26-28-93-29-27-92-24-7-12-63-58(86)53(57(85)61-3)68-49(76)36-71-15-17-72(37-50(77)78)19-21-74(39-52(81)82)22-20-73(18-16-71)38-51(79)80;5-3(6,7)1(11)2(12)4(8,9)10/h9-10,13-14,30-32,35,46,53,69H,5-8,11-12,15-29,33-34,36-39H2,1-4H3,(H,61,85)(H,62,75)(H,63,86)(H,66,84)(H,68,76)(H,77,78)(H,79,80)(H,81,82)(H,87,88)(H2,64,65,67);/t46-,53+;/m0./s1. The second-order valence-corrected chi connectivity index (χ2v) is 25.6. The van der Waals surface area contributed by atoms with Crippen LogP contribution in [0.2, 0.25) is 0 Å². The number of rotatable bonds is 41. The molecule has 0 radical (unpaired) electrons. The van der Waals surface area contributed by atoms with E-state index in [1.165, 1.54) is 39.2 Å². The van der Waals surface area contributed by atoms with Crippen LogP contribution in [0, 0.1) is 13.8 Å². The molecule has 0 spiro atoms. The van der Waals surface area contributed by atoms with Crippen molar-refractivity contribution in [1.82, 2.24) is 65.4 Å². The summed E-state index contributed by atoms with van der Waals surface area (Å²) >= 11 is 0. The quantitative estimate of drug-likeness (QED) is 0.0108. The summed E-state index contributed by atoms with van der Waals surface area (Å²) in [6.45, 7) is 5.14. The number of pyridine rings is 1. The first-order valence-electron chi connectivity index (χ1n) is 33.1. The summed E-state index contributed by atoms with van der Waals surface area (Å²) in [4.78, 5) is 158. The van der Waals surface area contributed by atoms with Gasteiger partial charge in [-0.15, -0.1) is 0 Å². The van der Waals surface area contributed by atoms with Gasteiger partial charge >= 0.3 is 47.8 Å². The van der Waals surface area contributed by atoms with Gasteiger partial charge in [0.15, 0.2) is 12.0 Å². The second kappa shape index (κ2) is 44.4. The molecule has 0 saturated carbocycles. The molecule has 5 rings (SSSR count). The number of carboxylic acids is 4. The van der Waals surface area contributed by atoms with E-state index in [-0.39, 0.29) is 157 Å². The number of carboxylic acid groups (broad SMARTS) is 4. The van der Waals surface area contributed by atoms with Gasteiger partial charge < -0.3 is 80.8 Å². The van der Waals surface area contributed by atoms with E-state index in [1.54, 1.807) is 61.8 Å². The zero-order valence-electron chi connectivity index (χ0n) is 58.9. The number of carbonyl (C=O) groups excluding carboxylic acids is 7. The van der Waals surface area contributed by atoms with Crippen LogP contribution in [0.4, 0.5) is 32.3 Å². The van der Waals surface area contributed by atoms with Gasteiger partial charge in [0.25, 0.3) is 17.7 Å². The number of halogens is 6. The molecule has 2 aromatic carbocycles. The number of aliphatic carboxylic acids is 4. The smallest absolute Gasteiger partial charge is 0.458 e. The van der Waals surface area contributed by atoms with Crippen molar-refractivity contribution in [3.63, 3.8) is 0 Å². The number of likely N-dealkylation sites (N-methyl/N-ethyl adjacent to an activating group) is 1. The third-order valence-corrected chi connectivity index (χ3v) is 17.3. The Hall–Kier alpha value is -9.76. The normalized spacial score (nSPS) is 14.3. The number of hydrogen-bond acceptors (Lipinski definition) is 24. The molecule has 3 heterocycles. The maximum Gasteiger partial charge on any atom is 0.458 e. The molecular weight excluding hydrogens is 1460 g/mol. The summed E-state index contributed by atoms with van der Waals surface area (Å²) in [5.41, 5.74) is 1.03. The molecule has 2 atom stereocenters. The van der Waals surface area contributed by atoms with E-state index in [2.05, 4.69) is 46.6 Å². The molecule has 12 N–H and O–H groups in total. The summed E-state index contributed by atoms with van der Waals surface area (Å²) < 4.78 is 121. The number of aromatic amines is 1. The van der Waals surface area contributed by atoms with Gasteiger partial charge in [0, 0.05) is 136 Å². The van der Waals surface area contributed by atoms with Crippen LogP contribution >= 0.6 is 0 Å². The van der Waals surface area contributed by atoms with Gasteiger partial charge in [-0.05, 0) is 74.1 Å². The molecule has 36 nitrogen and oxygen atoms in total. The van der Waals surface area contributed by atoms with E-state index in [0.717, 1.165) is 5.56 Å². The number of imidazole rings is 1. The molecule has 43 heteroatoms. The average molecular weight is 1550 g/mol. The molecule has 5 amide bonds. The molecule has 1 aliphatic heterocycles. The summed E-state index contributed by atoms with van der Waals surface area (Å²) in [6, 6.07) is 4.66. The number of H-pyrrole nitrogens is 1. The Morgan fingerprint density at radius 2 is 1.13 bits per heavy atom. The third-order valence-electron chi connectivity index (χ3n) is 15.5. The topological polar surface area (TPSA) is 488 Å². The summed E-state index contributed by atoms with van der Waals surface area (Å²) in [5.74, 6) is -14.1. The van der Waals surface area contributed by atoms with E-state index in [0.29, 0.717) is 62.8 Å². The van der Waals surface area contributed by atoms with E-state index >= 15 is 0 Å². The minimum absolute atomic E-state index is 0.111. The zero-order valence-corrected chi connectivity index (χ0v) is 59.7. The molecular formula is C64H88F6N14O22S. The van der Waals surface area contributed by atoms with Crippen LogP contribution in [0.15, 0.2) is 58.6 Å². The largest absolute Gasteiger partial charge is 0.494 e. The number of amides is 5. The molecule has 1 aliphatic rings. The van der Waals surface area contributed by atoms with Gasteiger partial charge in [0.05, 0.1) is 69.6 Å². The van der Waals surface area contributed by atoms with Crippen molar-refractivity contribution in [3.05, 3.63) is 81.4 Å². The number of nitrogens with one attached hydrogen (secondary N) is 8. The number of alkyl halides is 6. The molecule has 594 valence electrons. The fourth-order valence-corrected chi connectivity index (χ4v) is 11.9. The lowest BCUT2D eigenvalue weighted by Gasteiger charge is -2.33. The number of ether oxygens (including phenoxy) is 4. The highest BCUT2D eigenvalue weighted by Crippen LogP contribution is 2.27. The summed E-state index contributed by atoms with van der Waals surface area (Å²) in [5, 5.41) is 54.4. The summed E-state index contributed by atoms with van der Waals surface area (Å²) in [6.07, 6.45) is -5.55. The number of sulfonamides is 1. The van der Waals surface area contributed by atoms with Crippen molar-refractivity contribution in [2.75, 3.05) is 157 Å². The van der Waals surface area contributed by atoms with Crippen LogP contribution in [-0.4, -0.2) is 304 Å². The lowest BCUT2D eigenvalue weighted by atomic mass is 10.1. The predicted octanol–water partition coefficient (Wildman–Crippen LogP) is -1.17. The number of fused-ring (bicyclic) bond motifs is 1. The summed E-state index contributed by atoms with van der Waals surface area (Å²) in [7, 11) is -1.52. The molecule has 0 unspecified atom stereocenters. The first kappa shape index (κ1) is 89.6. The number of ketones is 2. The van der Waals surface area contributed by atoms with Crippen LogP contribution in [0.3, 0.4) is 0 Å². The van der Waals surface area contributed by atoms with E-state index in [4.69, 9.17) is 18.9 Å². The lowest BCUT2D eigenvalue weighted by Crippen LogP contribution is -2.57. The van der Waals surface area contributed by atoms with Crippen molar-refractivity contribution in [2.24, 2.45) is 7.05 Å². The van der Waals surface area contributed by atoms with Crippen LogP contribution < -0.4 is 46.8 Å². The predicted molar refractivity (Wildman–Crippen MR) is 364 cm³/mol. The molecule has 0 aliphatic carbocycles. The van der Waals surface area contributed by atoms with E-state index in [9.17, 15) is 113 Å². The van der Waals surface area contributed by atoms with Crippen molar-refractivity contribution < 1.29 is 127 Å². The molecule has 0 bridgehead atoms. The Balaban J connectivity index is 0.00000184. The first-order chi connectivity index (χ1) is 50.4. The Kier molecular flexibility index (Phi) is 37.2. The maximum atomic E-state index is 13.6. The number of aryl methyl sites for hydroxylation is 3. The van der Waals surface area contributed by atoms with Crippen LogP contribution in [0.1, 0.15) is 52.7 Å². The molecule has 1 saturated heterocycles. The molecule has 1 fully saturated rings. The molecule has 107 heavy (non-hydrogen) atoms. The van der Waals surface area contributed by atoms with Crippen LogP contribution in [-0.2, 0) is 85.8 Å². The highest BCUT2D eigenvalue weighted by Gasteiger charge is 2.54. The Morgan fingerprint density at radius 1 is 0.636 bits per heavy atom. The van der Waals surface area contributed by atoms with E-state index < -0.39 is 106 Å². The fraction of sp³-hybridized carbons (Fsp3) is 0.547. The van der Waals surface area contributed by atoms with Crippen LogP contribution in [0.5, 0.6) is 5.75 Å². The first-order valence-corrected chi connectivity index (χ1v) is 34.6. The monoisotopic (exact) mass is 1550 g/mol. The number of Topliss-reactive ketones (excluding diaryl/α,β-unsaturated/α-hetero) is 2. The van der Waals surface area contributed by atoms with Crippen molar-refractivity contribution in [2.45, 2.75) is 75.4 Å². The van der Waals surface area contributed by atoms with Crippen molar-refractivity contribution in [3.8, 4) is 5.75 Å². The van der Waals surface area contributed by atoms with E-state index in [1.807, 2.05) is 0 Å². The second-order valence-electron chi connectivity index (χ2n) is 23.9. The number of aromatic nitrogens is 3. The SMILES string of the molecule is CNC(=O)[C@@H](NC(=O)CN1CCN(CC(=O)O)CCN(CC(=O)O)CCN(CC(=O)O)CC1)C(=O)NCCCOCCOCCOCCCNC(=O)CCCOc1cc(C)c(S(=O)(=O)N[C@@H](CNC(=O)c2cn(C)c3cc(CNc4ncc[nH]4)ccc3c2=O)C(=O)O)c(C)c1.O=C(C(=O)C(F)(F)F)C(F)(F)F. The van der Waals surface area contributed by atoms with Gasteiger partial charge in [0.1, 0.15) is 17.4 Å². The van der Waals surface area contributed by atoms with Gasteiger partial charge in [0.2, 0.25) is 27.3 Å². The number of anilines is 1. The number of nitrogens with zero attached hydrogens (tertiary/aromatic N) is 6. The fourth-order valence-electron chi connectivity index (χ4n) is 10.3. The number of hydrogen-bond donors (Lipinski definition) is 12. The van der Waals surface area contributed by atoms with Crippen molar-refractivity contribution >= 4 is 91.9 Å². The molecule has 2 aromatic heterocycles. The zero-order chi connectivity index (χ0) is 79.6. The van der Waals surface area contributed by atoms with Crippen molar-refractivity contribution in [1.29, 1.82) is 0 Å². The van der Waals surface area contributed by atoms with Gasteiger partial charge in [-0.3, -0.25) is 77.1 Å². The van der Waals surface area contributed by atoms with Gasteiger partial charge in [-0.25, -0.2) is 13.4 Å². The Labute approximate surface area is 608 Å². The molecule has 4 aromatic rings. The minimum Gasteiger partial charge on any atom is -0.494 e. The maximum absolute atomic E-state index is 13.6. The average Bonchev–Trinajstić information content (AvgIpc) is 0.910. The van der Waals surface area contributed by atoms with Gasteiger partial charge in [-0.1, -0.05) is 6.07 Å². The number of carbonyl (C=O) groups is 11. The Bertz CT molecular complexity index is 3790. The van der Waals surface area contributed by atoms with Crippen LogP contribution in [0.25, 0.3) is 10.9 Å². The lowest BCUT2D eigenvalue weighted by molar-refractivity contribution is -0.193. The highest BCUT2D eigenvalue weighted by molar-refractivity contribution is 7.89. The minimum atomic E-state index is -5.77. The number of benzene rings is 2. The van der Waals surface area contributed by atoms with Gasteiger partial charge in [-0.2, -0.15) is 31.1 Å². The Morgan fingerprint density at radius 3 is 1.60 bits per heavy atom.